The Kier molecular flexibility index (Phi) is 10.1. The minimum Gasteiger partial charge on any atom is -0.460 e. The molecule has 5 rings (SSSR count). The highest BCUT2D eigenvalue weighted by atomic mass is 16.6. The molecule has 0 aliphatic carbocycles. The molecule has 1 aliphatic rings. The van der Waals surface area contributed by atoms with Gasteiger partial charge in [0, 0.05) is 71.7 Å². The summed E-state index contributed by atoms with van der Waals surface area (Å²) < 4.78 is 10.5. The van der Waals surface area contributed by atoms with Gasteiger partial charge in [-0.1, -0.05) is 30.8 Å². The Bertz CT molecular complexity index is 1580. The number of esters is 1. The number of ether oxygens (including phenoxy) is 2. The zero-order valence-electron chi connectivity index (χ0n) is 24.7. The molecule has 226 valence electrons. The van der Waals surface area contributed by atoms with E-state index in [1.807, 2.05) is 54.6 Å². The Hall–Kier alpha value is -4.93. The van der Waals surface area contributed by atoms with E-state index in [1.165, 1.54) is 4.90 Å². The molecular formula is C34H35N5O5. The molecule has 0 bridgehead atoms. The van der Waals surface area contributed by atoms with E-state index in [0.717, 1.165) is 22.5 Å². The number of imide groups is 1. The van der Waals surface area contributed by atoms with Crippen molar-refractivity contribution in [2.45, 2.75) is 20.0 Å². The number of hydrogen-bond acceptors (Lipinski definition) is 9. The van der Waals surface area contributed by atoms with Crippen LogP contribution in [0.2, 0.25) is 0 Å². The number of rotatable bonds is 15. The van der Waals surface area contributed by atoms with E-state index in [1.54, 1.807) is 31.5 Å². The van der Waals surface area contributed by atoms with E-state index in [2.05, 4.69) is 26.8 Å². The third kappa shape index (κ3) is 7.34. The first-order chi connectivity index (χ1) is 21.4. The van der Waals surface area contributed by atoms with Crippen LogP contribution in [-0.2, 0) is 27.4 Å². The molecule has 0 radical (unpaired) electrons. The van der Waals surface area contributed by atoms with Gasteiger partial charge < -0.3 is 14.8 Å². The SMILES string of the molecule is C=C(C)C(=O)OCCOCCN1C(=O)c2cccc3c(NCCN(Cc4ccccn4)Cc4ccccn4)ccc(c23)C1=O. The zero-order valence-corrected chi connectivity index (χ0v) is 24.7. The molecular weight excluding hydrogens is 558 g/mol. The lowest BCUT2D eigenvalue weighted by Gasteiger charge is -2.28. The molecule has 2 aromatic heterocycles. The van der Waals surface area contributed by atoms with Gasteiger partial charge in [-0.3, -0.25) is 29.4 Å². The highest BCUT2D eigenvalue weighted by Gasteiger charge is 2.33. The van der Waals surface area contributed by atoms with Crippen molar-refractivity contribution >= 4 is 34.2 Å². The van der Waals surface area contributed by atoms with Crippen molar-refractivity contribution < 1.29 is 23.9 Å². The van der Waals surface area contributed by atoms with Crippen molar-refractivity contribution in [1.29, 1.82) is 0 Å². The Morgan fingerprint density at radius 3 is 2.18 bits per heavy atom. The maximum atomic E-state index is 13.4. The van der Waals surface area contributed by atoms with E-state index in [0.29, 0.717) is 48.3 Å². The van der Waals surface area contributed by atoms with Crippen LogP contribution in [0.15, 0.2) is 91.3 Å². The third-order valence-electron chi connectivity index (χ3n) is 7.23. The van der Waals surface area contributed by atoms with E-state index in [-0.39, 0.29) is 38.2 Å². The monoisotopic (exact) mass is 593 g/mol. The summed E-state index contributed by atoms with van der Waals surface area (Å²) in [7, 11) is 0. The molecule has 1 N–H and O–H groups in total. The van der Waals surface area contributed by atoms with Gasteiger partial charge in [0.25, 0.3) is 11.8 Å². The summed E-state index contributed by atoms with van der Waals surface area (Å²) in [5.74, 6) is -1.21. The first-order valence-electron chi connectivity index (χ1n) is 14.5. The fourth-order valence-corrected chi connectivity index (χ4v) is 5.08. The van der Waals surface area contributed by atoms with E-state index < -0.39 is 5.97 Å². The summed E-state index contributed by atoms with van der Waals surface area (Å²) in [6.07, 6.45) is 3.59. The number of carbonyl (C=O) groups excluding carboxylic acids is 3. The molecule has 0 atom stereocenters. The largest absolute Gasteiger partial charge is 0.460 e. The summed E-state index contributed by atoms with van der Waals surface area (Å²) in [4.78, 5) is 50.7. The van der Waals surface area contributed by atoms with Gasteiger partial charge in [-0.2, -0.15) is 0 Å². The zero-order chi connectivity index (χ0) is 30.9. The van der Waals surface area contributed by atoms with E-state index >= 15 is 0 Å². The van der Waals surface area contributed by atoms with Crippen molar-refractivity contribution in [3.8, 4) is 0 Å². The Balaban J connectivity index is 1.23. The van der Waals surface area contributed by atoms with Crippen molar-refractivity contribution in [3.05, 3.63) is 114 Å². The second-order valence-electron chi connectivity index (χ2n) is 10.5. The minimum absolute atomic E-state index is 0.0650. The van der Waals surface area contributed by atoms with Crippen molar-refractivity contribution in [1.82, 2.24) is 19.8 Å². The van der Waals surface area contributed by atoms with Crippen LogP contribution in [0.5, 0.6) is 0 Å². The normalized spacial score (nSPS) is 12.5. The first-order valence-corrected chi connectivity index (χ1v) is 14.5. The molecule has 10 heteroatoms. The van der Waals surface area contributed by atoms with Crippen LogP contribution in [0.1, 0.15) is 39.0 Å². The maximum Gasteiger partial charge on any atom is 0.333 e. The number of nitrogens with zero attached hydrogens (tertiary/aromatic N) is 4. The van der Waals surface area contributed by atoms with Crippen LogP contribution in [0.4, 0.5) is 5.69 Å². The molecule has 44 heavy (non-hydrogen) atoms. The van der Waals surface area contributed by atoms with Crippen LogP contribution >= 0.6 is 0 Å². The van der Waals surface area contributed by atoms with Gasteiger partial charge in [0.1, 0.15) is 6.61 Å². The lowest BCUT2D eigenvalue weighted by molar-refractivity contribution is -0.140. The van der Waals surface area contributed by atoms with Crippen LogP contribution < -0.4 is 5.32 Å². The second kappa shape index (κ2) is 14.5. The summed E-state index contributed by atoms with van der Waals surface area (Å²) in [6, 6.07) is 21.0. The quantitative estimate of drug-likeness (QED) is 0.0923. The number of anilines is 1. The highest BCUT2D eigenvalue weighted by Crippen LogP contribution is 2.34. The van der Waals surface area contributed by atoms with Gasteiger partial charge in [0.05, 0.1) is 31.1 Å². The molecule has 1 aliphatic heterocycles. The summed E-state index contributed by atoms with van der Waals surface area (Å²) in [5, 5.41) is 4.99. The van der Waals surface area contributed by atoms with E-state index in [9.17, 15) is 14.4 Å². The number of hydrogen-bond donors (Lipinski definition) is 1. The highest BCUT2D eigenvalue weighted by molar-refractivity contribution is 6.26. The number of amides is 2. The molecule has 10 nitrogen and oxygen atoms in total. The van der Waals surface area contributed by atoms with Crippen molar-refractivity contribution in [2.75, 3.05) is 44.8 Å². The molecule has 0 fully saturated rings. The molecule has 2 amide bonds. The molecule has 3 heterocycles. The van der Waals surface area contributed by atoms with Crippen LogP contribution in [-0.4, -0.2) is 77.0 Å². The van der Waals surface area contributed by atoms with Crippen LogP contribution in [0.3, 0.4) is 0 Å². The Morgan fingerprint density at radius 2 is 1.55 bits per heavy atom. The molecule has 0 spiro atoms. The third-order valence-corrected chi connectivity index (χ3v) is 7.23. The van der Waals surface area contributed by atoms with Gasteiger partial charge in [-0.15, -0.1) is 0 Å². The number of pyridine rings is 2. The standard InChI is InChI=1S/C34H35N5O5/c1-24(2)34(42)44-21-20-43-19-18-39-32(40)28-11-7-10-27-30(13-12-29(31(27)28)33(39)41)37-16-17-38(22-25-8-3-5-14-35-25)23-26-9-4-6-15-36-26/h3-15,37H,1,16-23H2,2H3. The molecule has 0 saturated heterocycles. The van der Waals surface area contributed by atoms with Gasteiger partial charge in [-0.05, 0) is 49.4 Å². The van der Waals surface area contributed by atoms with Crippen molar-refractivity contribution in [3.63, 3.8) is 0 Å². The maximum absolute atomic E-state index is 13.4. The lowest BCUT2D eigenvalue weighted by Crippen LogP contribution is -2.42. The van der Waals surface area contributed by atoms with Gasteiger partial charge >= 0.3 is 5.97 Å². The Morgan fingerprint density at radius 1 is 0.864 bits per heavy atom. The number of nitrogens with one attached hydrogen (secondary N) is 1. The first kappa shape index (κ1) is 30.5. The van der Waals surface area contributed by atoms with Crippen molar-refractivity contribution in [2.24, 2.45) is 0 Å². The molecule has 4 aromatic rings. The second-order valence-corrected chi connectivity index (χ2v) is 10.5. The fraction of sp³-hybridized carbons (Fsp3) is 0.265. The molecule has 2 aromatic carbocycles. The summed E-state index contributed by atoms with van der Waals surface area (Å²) in [5.41, 5.74) is 4.06. The smallest absolute Gasteiger partial charge is 0.333 e. The average molecular weight is 594 g/mol. The van der Waals surface area contributed by atoms with E-state index in [4.69, 9.17) is 9.47 Å². The van der Waals surface area contributed by atoms with Crippen LogP contribution in [0, 0.1) is 0 Å². The van der Waals surface area contributed by atoms with Gasteiger partial charge in [-0.25, -0.2) is 4.79 Å². The lowest BCUT2D eigenvalue weighted by atomic mass is 9.93. The fourth-order valence-electron chi connectivity index (χ4n) is 5.08. The predicted octanol–water partition coefficient (Wildman–Crippen LogP) is 4.48. The van der Waals surface area contributed by atoms with Crippen LogP contribution in [0.25, 0.3) is 10.8 Å². The number of benzene rings is 2. The average Bonchev–Trinajstić information content (AvgIpc) is 3.04. The summed E-state index contributed by atoms with van der Waals surface area (Å²) in [6.45, 7) is 8.22. The summed E-state index contributed by atoms with van der Waals surface area (Å²) >= 11 is 0. The molecule has 0 unspecified atom stereocenters. The topological polar surface area (TPSA) is 114 Å². The minimum atomic E-state index is -0.486. The Labute approximate surface area is 256 Å². The number of aromatic nitrogens is 2. The predicted molar refractivity (Wildman–Crippen MR) is 167 cm³/mol. The molecule has 0 saturated carbocycles. The van der Waals surface area contributed by atoms with Gasteiger partial charge in [0.2, 0.25) is 0 Å². The number of carbonyl (C=O) groups is 3. The van der Waals surface area contributed by atoms with Gasteiger partial charge in [0.15, 0.2) is 0 Å².